The van der Waals surface area contributed by atoms with E-state index in [1.54, 1.807) is 18.3 Å². The maximum Gasteiger partial charge on any atom is 0.191 e. The molecule has 3 aromatic rings. The van der Waals surface area contributed by atoms with Gasteiger partial charge in [0.05, 0.1) is 24.5 Å². The van der Waals surface area contributed by atoms with Crippen molar-refractivity contribution in [2.45, 2.75) is 26.0 Å². The largest absolute Gasteiger partial charge is 0.383 e. The number of rotatable bonds is 7. The molecule has 1 atom stereocenters. The van der Waals surface area contributed by atoms with E-state index in [1.165, 1.54) is 0 Å². The summed E-state index contributed by atoms with van der Waals surface area (Å²) in [7, 11) is 0. The van der Waals surface area contributed by atoms with Crippen LogP contribution in [0.1, 0.15) is 24.4 Å². The van der Waals surface area contributed by atoms with Crippen LogP contribution in [0.15, 0.2) is 65.1 Å². The molecule has 0 fully saturated rings. The van der Waals surface area contributed by atoms with Crippen LogP contribution in [0.3, 0.4) is 0 Å². The third-order valence-electron chi connectivity index (χ3n) is 4.06. The van der Waals surface area contributed by atoms with Crippen molar-refractivity contribution >= 4 is 41.3 Å². The summed E-state index contributed by atoms with van der Waals surface area (Å²) in [4.78, 5) is 5.51. The minimum atomic E-state index is -0.945. The third-order valence-corrected chi connectivity index (χ3v) is 5.18. The molecule has 150 valence electrons. The zero-order valence-corrected chi connectivity index (χ0v) is 19.1. The van der Waals surface area contributed by atoms with E-state index in [4.69, 9.17) is 0 Å². The number of benzene rings is 1. The average Bonchev–Trinajstić information content (AvgIpc) is 3.37. The fourth-order valence-electron chi connectivity index (χ4n) is 2.60. The van der Waals surface area contributed by atoms with E-state index in [-0.39, 0.29) is 24.0 Å². The maximum atomic E-state index is 10.7. The lowest BCUT2D eigenvalue weighted by Crippen LogP contribution is -2.44. The lowest BCUT2D eigenvalue weighted by molar-refractivity contribution is 0.0655. The van der Waals surface area contributed by atoms with Crippen molar-refractivity contribution in [1.82, 2.24) is 20.4 Å². The molecular formula is C20H26IN5OS. The minimum Gasteiger partial charge on any atom is -0.383 e. The fraction of sp³-hybridized carbons (Fsp3) is 0.300. The standard InChI is InChI=1S/C20H25N5OS.HI/c1-3-21-19(23-15-20(2,26)18-10-7-13-27-18)22-14-16-11-12-25(24-16)17-8-5-4-6-9-17;/h4-13,26H,3,14-15H2,1-2H3,(H2,21,22,23);1H. The molecule has 28 heavy (non-hydrogen) atoms. The topological polar surface area (TPSA) is 74.5 Å². The predicted octanol–water partition coefficient (Wildman–Crippen LogP) is 3.51. The summed E-state index contributed by atoms with van der Waals surface area (Å²) >= 11 is 1.54. The highest BCUT2D eigenvalue weighted by molar-refractivity contribution is 14.0. The average molecular weight is 511 g/mol. The van der Waals surface area contributed by atoms with Gasteiger partial charge in [0.2, 0.25) is 0 Å². The number of hydrogen-bond donors (Lipinski definition) is 3. The second-order valence-corrected chi connectivity index (χ2v) is 7.33. The number of nitrogens with zero attached hydrogens (tertiary/aromatic N) is 3. The number of guanidine groups is 1. The molecule has 0 bridgehead atoms. The summed E-state index contributed by atoms with van der Waals surface area (Å²) < 4.78 is 1.84. The Morgan fingerprint density at radius 1 is 1.18 bits per heavy atom. The Morgan fingerprint density at radius 2 is 1.96 bits per heavy atom. The second-order valence-electron chi connectivity index (χ2n) is 6.39. The van der Waals surface area contributed by atoms with E-state index in [0.29, 0.717) is 19.0 Å². The first-order valence-corrected chi connectivity index (χ1v) is 9.85. The zero-order chi connectivity index (χ0) is 19.1. The lowest BCUT2D eigenvalue weighted by atomic mass is 10.1. The van der Waals surface area contributed by atoms with Crippen LogP contribution < -0.4 is 10.6 Å². The van der Waals surface area contributed by atoms with Gasteiger partial charge < -0.3 is 15.7 Å². The van der Waals surface area contributed by atoms with Crippen LogP contribution in [-0.2, 0) is 12.1 Å². The van der Waals surface area contributed by atoms with E-state index in [9.17, 15) is 5.11 Å². The maximum absolute atomic E-state index is 10.7. The highest BCUT2D eigenvalue weighted by Gasteiger charge is 2.24. The number of aliphatic imine (C=N–C) groups is 1. The fourth-order valence-corrected chi connectivity index (χ4v) is 3.39. The Hall–Kier alpha value is -1.91. The van der Waals surface area contributed by atoms with E-state index in [2.05, 4.69) is 20.7 Å². The number of thiophene rings is 1. The van der Waals surface area contributed by atoms with Crippen LogP contribution in [0.25, 0.3) is 5.69 Å². The SMILES string of the molecule is CCNC(=NCc1ccn(-c2ccccc2)n1)NCC(C)(O)c1cccs1.I. The van der Waals surface area contributed by atoms with Crippen molar-refractivity contribution < 1.29 is 5.11 Å². The molecule has 0 aliphatic rings. The van der Waals surface area contributed by atoms with Crippen LogP contribution in [-0.4, -0.2) is 33.9 Å². The molecule has 0 saturated heterocycles. The summed E-state index contributed by atoms with van der Waals surface area (Å²) in [5, 5.41) is 23.6. The van der Waals surface area contributed by atoms with Crippen LogP contribution in [0.4, 0.5) is 0 Å². The molecule has 8 heteroatoms. The van der Waals surface area contributed by atoms with Crippen molar-refractivity contribution in [3.05, 3.63) is 70.7 Å². The highest BCUT2D eigenvalue weighted by Crippen LogP contribution is 2.24. The van der Waals surface area contributed by atoms with Crippen LogP contribution in [0.5, 0.6) is 0 Å². The molecular weight excluding hydrogens is 485 g/mol. The summed E-state index contributed by atoms with van der Waals surface area (Å²) in [6.45, 7) is 5.38. The van der Waals surface area contributed by atoms with Gasteiger partial charge in [0.25, 0.3) is 0 Å². The molecule has 3 rings (SSSR count). The predicted molar refractivity (Wildman–Crippen MR) is 126 cm³/mol. The lowest BCUT2D eigenvalue weighted by Gasteiger charge is -2.23. The van der Waals surface area contributed by atoms with Crippen molar-refractivity contribution in [2.24, 2.45) is 4.99 Å². The van der Waals surface area contributed by atoms with Gasteiger partial charge in [0.15, 0.2) is 5.96 Å². The zero-order valence-electron chi connectivity index (χ0n) is 16.0. The number of nitrogens with one attached hydrogen (secondary N) is 2. The quantitative estimate of drug-likeness (QED) is 0.258. The van der Waals surface area contributed by atoms with E-state index in [0.717, 1.165) is 22.8 Å². The van der Waals surface area contributed by atoms with Gasteiger partial charge >= 0.3 is 0 Å². The molecule has 0 saturated carbocycles. The molecule has 0 radical (unpaired) electrons. The first-order chi connectivity index (χ1) is 13.1. The number of hydrogen-bond acceptors (Lipinski definition) is 4. The molecule has 0 aliphatic carbocycles. The molecule has 0 amide bonds. The van der Waals surface area contributed by atoms with E-state index in [1.807, 2.05) is 71.7 Å². The number of aliphatic hydroxyl groups is 1. The van der Waals surface area contributed by atoms with Gasteiger partial charge in [-0.15, -0.1) is 35.3 Å². The molecule has 0 spiro atoms. The van der Waals surface area contributed by atoms with Crippen LogP contribution >= 0.6 is 35.3 Å². The van der Waals surface area contributed by atoms with Crippen molar-refractivity contribution in [3.63, 3.8) is 0 Å². The molecule has 1 unspecified atom stereocenters. The van der Waals surface area contributed by atoms with Gasteiger partial charge in [-0.25, -0.2) is 9.67 Å². The number of halogens is 1. The van der Waals surface area contributed by atoms with Crippen molar-refractivity contribution in [2.75, 3.05) is 13.1 Å². The Kier molecular flexibility index (Phi) is 8.46. The van der Waals surface area contributed by atoms with Gasteiger partial charge in [0.1, 0.15) is 5.60 Å². The molecule has 0 aliphatic heterocycles. The van der Waals surface area contributed by atoms with Gasteiger partial charge in [0, 0.05) is 17.6 Å². The number of aromatic nitrogens is 2. The Balaban J connectivity index is 0.00000280. The number of para-hydroxylation sites is 1. The van der Waals surface area contributed by atoms with E-state index < -0.39 is 5.60 Å². The second kappa shape index (κ2) is 10.6. The van der Waals surface area contributed by atoms with E-state index >= 15 is 0 Å². The summed E-state index contributed by atoms with van der Waals surface area (Å²) in [6, 6.07) is 15.8. The Bertz CT molecular complexity index is 862. The first-order valence-electron chi connectivity index (χ1n) is 8.97. The van der Waals surface area contributed by atoms with Crippen LogP contribution in [0, 0.1) is 0 Å². The van der Waals surface area contributed by atoms with Crippen molar-refractivity contribution in [3.8, 4) is 5.69 Å². The van der Waals surface area contributed by atoms with Crippen LogP contribution in [0.2, 0.25) is 0 Å². The molecule has 1 aromatic carbocycles. The van der Waals surface area contributed by atoms with Gasteiger partial charge in [-0.2, -0.15) is 5.10 Å². The Labute approximate surface area is 186 Å². The highest BCUT2D eigenvalue weighted by atomic mass is 127. The minimum absolute atomic E-state index is 0. The third kappa shape index (κ3) is 6.05. The Morgan fingerprint density at radius 3 is 2.64 bits per heavy atom. The van der Waals surface area contributed by atoms with Gasteiger partial charge in [-0.1, -0.05) is 24.3 Å². The molecule has 2 aromatic heterocycles. The van der Waals surface area contributed by atoms with Crippen molar-refractivity contribution in [1.29, 1.82) is 0 Å². The molecule has 2 heterocycles. The smallest absolute Gasteiger partial charge is 0.191 e. The van der Waals surface area contributed by atoms with Gasteiger partial charge in [-0.05, 0) is 43.5 Å². The summed E-state index contributed by atoms with van der Waals surface area (Å²) in [6.07, 6.45) is 1.93. The summed E-state index contributed by atoms with van der Waals surface area (Å²) in [5.74, 6) is 0.656. The first kappa shape index (κ1) is 22.4. The molecule has 3 N–H and O–H groups in total. The molecule has 6 nitrogen and oxygen atoms in total. The monoisotopic (exact) mass is 511 g/mol. The summed E-state index contributed by atoms with van der Waals surface area (Å²) in [5.41, 5.74) is 0.949. The van der Waals surface area contributed by atoms with Gasteiger partial charge in [-0.3, -0.25) is 0 Å². The normalized spacial score (nSPS) is 13.5.